The third kappa shape index (κ3) is 16.8. The number of nitrogens with zero attached hydrogens (tertiary/aromatic N) is 1. The summed E-state index contributed by atoms with van der Waals surface area (Å²) in [5.41, 5.74) is 4.49. The van der Waals surface area contributed by atoms with E-state index in [-0.39, 0.29) is 39.6 Å². The number of rotatable bonds is 25. The van der Waals surface area contributed by atoms with Gasteiger partial charge in [0.2, 0.25) is 6.08 Å². The Morgan fingerprint density at radius 3 is 1.32 bits per heavy atom. The lowest BCUT2D eigenvalue weighted by molar-refractivity contribution is -0.372. The molecule has 3 fully saturated rings. The highest BCUT2D eigenvalue weighted by Crippen LogP contribution is 2.39. The Bertz CT molecular complexity index is 2680. The first-order chi connectivity index (χ1) is 38.4. The molecule has 0 aromatic heterocycles. The van der Waals surface area contributed by atoms with E-state index in [0.29, 0.717) is 0 Å². The summed E-state index contributed by atoms with van der Waals surface area (Å²) in [4.78, 5) is 54.0. The Labute approximate surface area is 460 Å². The SMILES string of the molecule is CC(=O)OCC1O[C@@H](OC2[C@H](C)OC(C)[C@H](OCc3ccccc3)[C@@H]2O[C@H]2O[C@@H](COCc3ccccc3)[C@@H](OCc3ccccc3)C(OCc3ccccc3)C2OCc2ccccc2)C(N=C=O)[C@@H](OC(C)=O)[C@@H]1OC(C)=O. The minimum absolute atomic E-state index is 0.0330. The first kappa shape index (κ1) is 58.6. The average Bonchev–Trinajstić information content (AvgIpc) is 3.58. The van der Waals surface area contributed by atoms with Gasteiger partial charge in [0.25, 0.3) is 0 Å². The van der Waals surface area contributed by atoms with Gasteiger partial charge >= 0.3 is 17.9 Å². The number of carbonyl (C=O) groups is 3. The van der Waals surface area contributed by atoms with Gasteiger partial charge in [-0.3, -0.25) is 14.4 Å². The normalized spacial score (nSPS) is 28.6. The smallest absolute Gasteiger partial charge is 0.303 e. The van der Waals surface area contributed by atoms with Gasteiger partial charge in [0.1, 0.15) is 55.4 Å². The van der Waals surface area contributed by atoms with Crippen LogP contribution in [-0.2, 0) is 114 Å². The van der Waals surface area contributed by atoms with Gasteiger partial charge in [-0.2, -0.15) is 4.99 Å². The molecule has 0 saturated carbocycles. The molecule has 5 aromatic rings. The lowest BCUT2D eigenvalue weighted by Crippen LogP contribution is -2.67. The maximum atomic E-state index is 12.8. The number of carbonyl (C=O) groups excluding carboxylic acids is 4. The molecule has 420 valence electrons. The number of isocyanates is 1. The molecule has 0 N–H and O–H groups in total. The van der Waals surface area contributed by atoms with Gasteiger partial charge in [0.05, 0.1) is 51.8 Å². The molecule has 8 rings (SSSR count). The summed E-state index contributed by atoms with van der Waals surface area (Å²) in [5, 5.41) is 0. The average molecular weight is 1090 g/mol. The van der Waals surface area contributed by atoms with E-state index >= 15 is 0 Å². The Kier molecular flexibility index (Phi) is 22.0. The van der Waals surface area contributed by atoms with E-state index in [4.69, 9.17) is 61.6 Å². The molecule has 0 amide bonds. The second-order valence-electron chi connectivity index (χ2n) is 19.5. The van der Waals surface area contributed by atoms with Crippen molar-refractivity contribution in [1.82, 2.24) is 0 Å². The van der Waals surface area contributed by atoms with Crippen molar-refractivity contribution in [3.05, 3.63) is 179 Å². The number of esters is 3. The van der Waals surface area contributed by atoms with Crippen molar-refractivity contribution in [2.45, 2.75) is 160 Å². The molecule has 15 atom stereocenters. The Morgan fingerprint density at radius 2 is 0.835 bits per heavy atom. The third-order valence-corrected chi connectivity index (χ3v) is 13.6. The summed E-state index contributed by atoms with van der Waals surface area (Å²) < 4.78 is 85.8. The Hall–Kier alpha value is -6.51. The predicted octanol–water partition coefficient (Wildman–Crippen LogP) is 7.70. The highest BCUT2D eigenvalue weighted by molar-refractivity contribution is 5.68. The summed E-state index contributed by atoms with van der Waals surface area (Å²) in [6.45, 7) is 7.53. The van der Waals surface area contributed by atoms with E-state index in [1.807, 2.05) is 159 Å². The van der Waals surface area contributed by atoms with E-state index < -0.39 is 116 Å². The lowest BCUT2D eigenvalue weighted by Gasteiger charge is -2.51. The van der Waals surface area contributed by atoms with Crippen molar-refractivity contribution in [2.24, 2.45) is 4.99 Å². The van der Waals surface area contributed by atoms with Crippen LogP contribution in [0.4, 0.5) is 0 Å². The van der Waals surface area contributed by atoms with Gasteiger partial charge in [0, 0.05) is 20.8 Å². The van der Waals surface area contributed by atoms with Crippen LogP contribution in [0.25, 0.3) is 0 Å². The first-order valence-corrected chi connectivity index (χ1v) is 26.5. The molecule has 3 saturated heterocycles. The molecule has 3 heterocycles. The molecular weight excluding hydrogens is 1020 g/mol. The minimum atomic E-state index is -1.59. The van der Waals surface area contributed by atoms with Crippen LogP contribution in [0, 0.1) is 0 Å². The van der Waals surface area contributed by atoms with Crippen LogP contribution in [0.3, 0.4) is 0 Å². The molecule has 3 aliphatic rings. The van der Waals surface area contributed by atoms with Crippen molar-refractivity contribution in [2.75, 3.05) is 13.2 Å². The number of aliphatic imine (C=N–C) groups is 1. The van der Waals surface area contributed by atoms with Crippen LogP contribution >= 0.6 is 0 Å². The molecule has 18 nitrogen and oxygen atoms in total. The van der Waals surface area contributed by atoms with Gasteiger partial charge < -0.3 is 61.6 Å². The summed E-state index contributed by atoms with van der Waals surface area (Å²) >= 11 is 0. The van der Waals surface area contributed by atoms with E-state index in [9.17, 15) is 19.2 Å². The second kappa shape index (κ2) is 29.6. The molecule has 6 unspecified atom stereocenters. The lowest BCUT2D eigenvalue weighted by atomic mass is 9.93. The minimum Gasteiger partial charge on any atom is -0.463 e. The predicted molar refractivity (Wildman–Crippen MR) is 283 cm³/mol. The van der Waals surface area contributed by atoms with Crippen LogP contribution in [0.5, 0.6) is 0 Å². The van der Waals surface area contributed by atoms with E-state index in [1.165, 1.54) is 6.92 Å². The molecule has 79 heavy (non-hydrogen) atoms. The summed E-state index contributed by atoms with van der Waals surface area (Å²) in [6, 6.07) is 47.1. The second-order valence-corrected chi connectivity index (χ2v) is 19.5. The van der Waals surface area contributed by atoms with Gasteiger partial charge in [0.15, 0.2) is 30.8 Å². The largest absolute Gasteiger partial charge is 0.463 e. The van der Waals surface area contributed by atoms with E-state index in [2.05, 4.69) is 4.99 Å². The van der Waals surface area contributed by atoms with Gasteiger partial charge in [-0.15, -0.1) is 0 Å². The van der Waals surface area contributed by atoms with Crippen molar-refractivity contribution >= 4 is 24.0 Å². The standard InChI is InChI=1S/C61H69NO17/c1-39-52(69-32-45-23-13-7-14-24-45)58(53(40(2)73-39)78-60-51(62-38-63)56(75-43(5)66)55(74-42(4)65)50(76-60)37-68-41(3)64)79-61-59(72-35-48-29-19-10-20-30-48)57(71-34-47-27-17-9-18-28-47)54(70-33-46-25-15-8-16-26-46)49(77-61)36-67-31-44-21-11-6-12-22-44/h6-30,39-40,49-61H,31-37H2,1-5H3/t39?,40-,49-,50?,51?,52-,53?,54+,55+,56+,57?,58-,59?,60-,61+/m0/s1. The zero-order chi connectivity index (χ0) is 55.5. The van der Waals surface area contributed by atoms with Crippen molar-refractivity contribution in [3.63, 3.8) is 0 Å². The van der Waals surface area contributed by atoms with Crippen LogP contribution in [-0.4, -0.2) is 129 Å². The summed E-state index contributed by atoms with van der Waals surface area (Å²) in [5.74, 6) is -2.25. The highest BCUT2D eigenvalue weighted by atomic mass is 16.8. The fourth-order valence-electron chi connectivity index (χ4n) is 9.92. The summed E-state index contributed by atoms with van der Waals surface area (Å²) in [7, 11) is 0. The quantitative estimate of drug-likeness (QED) is 0.0238. The molecule has 0 bridgehead atoms. The topological polar surface area (TPSA) is 201 Å². The van der Waals surface area contributed by atoms with Crippen molar-refractivity contribution < 1.29 is 80.8 Å². The fraction of sp³-hybridized carbons (Fsp3) is 0.443. The molecular formula is C61H69NO17. The molecule has 0 radical (unpaired) electrons. The molecule has 3 aliphatic heterocycles. The van der Waals surface area contributed by atoms with Crippen LogP contribution in [0.1, 0.15) is 62.4 Å². The third-order valence-electron chi connectivity index (χ3n) is 13.6. The molecule has 0 spiro atoms. The fourth-order valence-corrected chi connectivity index (χ4v) is 9.92. The monoisotopic (exact) mass is 1090 g/mol. The first-order valence-electron chi connectivity index (χ1n) is 26.5. The number of benzene rings is 5. The number of hydrogen-bond donors (Lipinski definition) is 0. The van der Waals surface area contributed by atoms with Crippen LogP contribution in [0.2, 0.25) is 0 Å². The van der Waals surface area contributed by atoms with Crippen LogP contribution < -0.4 is 0 Å². The maximum absolute atomic E-state index is 12.8. The molecule has 5 aromatic carbocycles. The van der Waals surface area contributed by atoms with Crippen LogP contribution in [0.15, 0.2) is 157 Å². The van der Waals surface area contributed by atoms with Crippen molar-refractivity contribution in [3.8, 4) is 0 Å². The van der Waals surface area contributed by atoms with Crippen molar-refractivity contribution in [1.29, 1.82) is 0 Å². The summed E-state index contributed by atoms with van der Waals surface area (Å²) in [6.07, 6.45) is -13.8. The zero-order valence-electron chi connectivity index (χ0n) is 44.9. The molecule has 0 aliphatic carbocycles. The zero-order valence-corrected chi connectivity index (χ0v) is 44.9. The van der Waals surface area contributed by atoms with Gasteiger partial charge in [-0.05, 0) is 41.7 Å². The van der Waals surface area contributed by atoms with E-state index in [0.717, 1.165) is 41.7 Å². The van der Waals surface area contributed by atoms with E-state index in [1.54, 1.807) is 13.0 Å². The maximum Gasteiger partial charge on any atom is 0.303 e. The van der Waals surface area contributed by atoms with Gasteiger partial charge in [-0.1, -0.05) is 152 Å². The number of hydrogen-bond acceptors (Lipinski definition) is 18. The molecule has 18 heteroatoms. The van der Waals surface area contributed by atoms with Gasteiger partial charge in [-0.25, -0.2) is 4.79 Å². The highest BCUT2D eigenvalue weighted by Gasteiger charge is 2.57. The number of ether oxygens (including phenoxy) is 13. The Balaban J connectivity index is 1.22. The Morgan fingerprint density at radius 1 is 0.430 bits per heavy atom.